The zero-order valence-corrected chi connectivity index (χ0v) is 14.4. The number of carbonyl (C=O) groups is 1. The van der Waals surface area contributed by atoms with Crippen LogP contribution in [0.3, 0.4) is 0 Å². The Balaban J connectivity index is 1.86. The van der Waals surface area contributed by atoms with Gasteiger partial charge < -0.3 is 15.2 Å². The highest BCUT2D eigenvalue weighted by atomic mass is 16.1. The molecule has 0 bridgehead atoms. The zero-order chi connectivity index (χ0) is 17.1. The number of amides is 1. The highest BCUT2D eigenvalue weighted by molar-refractivity contribution is 6.12. The number of carbonyl (C=O) groups excluding carboxylic acids is 1. The minimum atomic E-state index is -0.0844. The lowest BCUT2D eigenvalue weighted by Crippen LogP contribution is -2.22. The van der Waals surface area contributed by atoms with Crippen molar-refractivity contribution >= 4 is 28.2 Å². The van der Waals surface area contributed by atoms with Crippen molar-refractivity contribution in [2.75, 3.05) is 23.3 Å². The van der Waals surface area contributed by atoms with E-state index < -0.39 is 0 Å². The van der Waals surface area contributed by atoms with E-state index in [0.717, 1.165) is 35.2 Å². The van der Waals surface area contributed by atoms with E-state index in [1.807, 2.05) is 43.5 Å². The van der Waals surface area contributed by atoms with Gasteiger partial charge in [-0.2, -0.15) is 0 Å². The Kier molecular flexibility index (Phi) is 4.56. The van der Waals surface area contributed by atoms with Crippen LogP contribution in [0, 0.1) is 6.92 Å². The third-order valence-corrected chi connectivity index (χ3v) is 4.43. The lowest BCUT2D eigenvalue weighted by molar-refractivity contribution is 0.102. The smallest absolute Gasteiger partial charge is 0.256 e. The van der Waals surface area contributed by atoms with Gasteiger partial charge in [0.25, 0.3) is 5.91 Å². The number of aromatic nitrogens is 1. The predicted octanol–water partition coefficient (Wildman–Crippen LogP) is 4.57. The van der Waals surface area contributed by atoms with Gasteiger partial charge in [0.1, 0.15) is 0 Å². The highest BCUT2D eigenvalue weighted by Gasteiger charge is 2.12. The monoisotopic (exact) mass is 321 g/mol. The number of H-pyrrole nitrogens is 1. The highest BCUT2D eigenvalue weighted by Crippen LogP contribution is 2.24. The Morgan fingerprint density at radius 3 is 2.62 bits per heavy atom. The normalized spacial score (nSPS) is 10.8. The minimum absolute atomic E-state index is 0.0844. The Labute approximate surface area is 142 Å². The second kappa shape index (κ2) is 6.79. The van der Waals surface area contributed by atoms with Crippen LogP contribution in [0.5, 0.6) is 0 Å². The maximum atomic E-state index is 12.7. The number of benzene rings is 2. The summed E-state index contributed by atoms with van der Waals surface area (Å²) in [5, 5.41) is 3.98. The van der Waals surface area contributed by atoms with Gasteiger partial charge in [-0.15, -0.1) is 0 Å². The molecule has 0 atom stereocenters. The van der Waals surface area contributed by atoms with E-state index in [1.54, 1.807) is 0 Å². The van der Waals surface area contributed by atoms with Crippen molar-refractivity contribution in [2.24, 2.45) is 0 Å². The van der Waals surface area contributed by atoms with Crippen LogP contribution < -0.4 is 10.2 Å². The molecule has 0 aliphatic rings. The summed E-state index contributed by atoms with van der Waals surface area (Å²) in [7, 11) is 0. The first-order valence-electron chi connectivity index (χ1n) is 8.37. The van der Waals surface area contributed by atoms with Gasteiger partial charge in [-0.05, 0) is 62.7 Å². The van der Waals surface area contributed by atoms with Crippen LogP contribution in [0.1, 0.15) is 29.8 Å². The van der Waals surface area contributed by atoms with E-state index in [1.165, 1.54) is 5.69 Å². The van der Waals surface area contributed by atoms with E-state index in [0.29, 0.717) is 5.56 Å². The molecule has 4 heteroatoms. The maximum absolute atomic E-state index is 12.7. The van der Waals surface area contributed by atoms with Gasteiger partial charge in [0.15, 0.2) is 0 Å². The summed E-state index contributed by atoms with van der Waals surface area (Å²) in [5.41, 5.74) is 4.75. The molecule has 0 unspecified atom stereocenters. The summed E-state index contributed by atoms with van der Waals surface area (Å²) in [6, 6.07) is 13.8. The van der Waals surface area contributed by atoms with Crippen LogP contribution >= 0.6 is 0 Å². The van der Waals surface area contributed by atoms with E-state index >= 15 is 0 Å². The van der Waals surface area contributed by atoms with Gasteiger partial charge in [-0.25, -0.2) is 0 Å². The first-order chi connectivity index (χ1) is 11.6. The first-order valence-corrected chi connectivity index (χ1v) is 8.37. The topological polar surface area (TPSA) is 48.1 Å². The van der Waals surface area contributed by atoms with E-state index in [-0.39, 0.29) is 5.91 Å². The summed E-state index contributed by atoms with van der Waals surface area (Å²) < 4.78 is 0. The van der Waals surface area contributed by atoms with Crippen molar-refractivity contribution in [1.29, 1.82) is 0 Å². The lowest BCUT2D eigenvalue weighted by atomic mass is 10.1. The van der Waals surface area contributed by atoms with Crippen LogP contribution in [-0.2, 0) is 0 Å². The molecule has 0 radical (unpaired) electrons. The average molecular weight is 321 g/mol. The maximum Gasteiger partial charge on any atom is 0.256 e. The third kappa shape index (κ3) is 3.00. The van der Waals surface area contributed by atoms with Crippen molar-refractivity contribution < 1.29 is 4.79 Å². The van der Waals surface area contributed by atoms with Crippen LogP contribution in [0.2, 0.25) is 0 Å². The van der Waals surface area contributed by atoms with Crippen LogP contribution in [0.4, 0.5) is 11.4 Å². The molecule has 0 aliphatic heterocycles. The average Bonchev–Trinajstić information content (AvgIpc) is 3.06. The molecule has 4 nitrogen and oxygen atoms in total. The van der Waals surface area contributed by atoms with Gasteiger partial charge in [-0.3, -0.25) is 4.79 Å². The number of nitrogens with zero attached hydrogens (tertiary/aromatic N) is 1. The number of rotatable bonds is 5. The molecule has 0 saturated carbocycles. The number of aromatic amines is 1. The summed E-state index contributed by atoms with van der Waals surface area (Å²) in [5.74, 6) is -0.0844. The molecule has 3 rings (SSSR count). The summed E-state index contributed by atoms with van der Waals surface area (Å²) in [6.45, 7) is 8.26. The molecule has 0 aliphatic carbocycles. The number of hydrogen-bond acceptors (Lipinski definition) is 2. The molecule has 1 amide bonds. The Hall–Kier alpha value is -2.75. The molecule has 1 heterocycles. The fraction of sp³-hybridized carbons (Fsp3) is 0.250. The molecular weight excluding hydrogens is 298 g/mol. The first kappa shape index (κ1) is 16.1. The molecule has 124 valence electrons. The predicted molar refractivity (Wildman–Crippen MR) is 101 cm³/mol. The standard InChI is InChI=1S/C20H23N3O/c1-4-23(5-2)15-9-10-18(14(3)13-15)22-20(24)17-7-6-8-19-16(17)11-12-21-19/h6-13,21H,4-5H2,1-3H3,(H,22,24). The molecular formula is C20H23N3O. The van der Waals surface area contributed by atoms with Gasteiger partial charge >= 0.3 is 0 Å². The Morgan fingerprint density at radius 1 is 1.12 bits per heavy atom. The van der Waals surface area contributed by atoms with E-state index in [4.69, 9.17) is 0 Å². The SMILES string of the molecule is CCN(CC)c1ccc(NC(=O)c2cccc3[nH]ccc23)c(C)c1. The second-order valence-electron chi connectivity index (χ2n) is 5.87. The Morgan fingerprint density at radius 2 is 1.92 bits per heavy atom. The number of hydrogen-bond donors (Lipinski definition) is 2. The summed E-state index contributed by atoms with van der Waals surface area (Å²) >= 11 is 0. The zero-order valence-electron chi connectivity index (χ0n) is 14.4. The molecule has 0 fully saturated rings. The summed E-state index contributed by atoms with van der Waals surface area (Å²) in [6.07, 6.45) is 1.85. The summed E-state index contributed by atoms with van der Waals surface area (Å²) in [4.78, 5) is 18.1. The molecule has 2 aromatic carbocycles. The molecule has 0 spiro atoms. The van der Waals surface area contributed by atoms with Crippen molar-refractivity contribution in [3.63, 3.8) is 0 Å². The molecule has 0 saturated heterocycles. The fourth-order valence-electron chi connectivity index (χ4n) is 3.05. The number of aryl methyl sites for hydroxylation is 1. The van der Waals surface area contributed by atoms with E-state index in [2.05, 4.69) is 41.2 Å². The van der Waals surface area contributed by atoms with Crippen LogP contribution in [-0.4, -0.2) is 24.0 Å². The van der Waals surface area contributed by atoms with Crippen molar-refractivity contribution in [3.05, 3.63) is 59.8 Å². The van der Waals surface area contributed by atoms with E-state index in [9.17, 15) is 4.79 Å². The van der Waals surface area contributed by atoms with Gasteiger partial charge in [0.05, 0.1) is 0 Å². The van der Waals surface area contributed by atoms with Gasteiger partial charge in [0.2, 0.25) is 0 Å². The molecule has 2 N–H and O–H groups in total. The van der Waals surface area contributed by atoms with Crippen LogP contribution in [0.25, 0.3) is 10.9 Å². The van der Waals surface area contributed by atoms with Crippen LogP contribution in [0.15, 0.2) is 48.7 Å². The molecule has 1 aromatic heterocycles. The minimum Gasteiger partial charge on any atom is -0.372 e. The van der Waals surface area contributed by atoms with Gasteiger partial charge in [-0.1, -0.05) is 6.07 Å². The largest absolute Gasteiger partial charge is 0.372 e. The number of anilines is 2. The quantitative estimate of drug-likeness (QED) is 0.723. The Bertz CT molecular complexity index is 862. The second-order valence-corrected chi connectivity index (χ2v) is 5.87. The van der Waals surface area contributed by atoms with Gasteiger partial charge in [0, 0.05) is 47.1 Å². The lowest BCUT2D eigenvalue weighted by Gasteiger charge is -2.22. The van der Waals surface area contributed by atoms with Crippen molar-refractivity contribution in [3.8, 4) is 0 Å². The van der Waals surface area contributed by atoms with Crippen molar-refractivity contribution in [1.82, 2.24) is 4.98 Å². The van der Waals surface area contributed by atoms with Crippen molar-refractivity contribution in [2.45, 2.75) is 20.8 Å². The third-order valence-electron chi connectivity index (χ3n) is 4.43. The number of nitrogens with one attached hydrogen (secondary N) is 2. The molecule has 24 heavy (non-hydrogen) atoms. The molecule has 3 aromatic rings. The number of fused-ring (bicyclic) bond motifs is 1. The fourth-order valence-corrected chi connectivity index (χ4v) is 3.05.